The fraction of sp³-hybridized carbons (Fsp3) is 0.310. The largest absolute Gasteiger partial charge is 0.491 e. The van der Waals surface area contributed by atoms with Gasteiger partial charge in [-0.25, -0.2) is 4.98 Å². The number of rotatable bonds is 10. The Morgan fingerprint density at radius 1 is 1.09 bits per heavy atom. The zero-order valence-corrected chi connectivity index (χ0v) is 22.1. The van der Waals surface area contributed by atoms with E-state index in [1.54, 1.807) is 0 Å². The summed E-state index contributed by atoms with van der Waals surface area (Å²) < 4.78 is 9.47. The van der Waals surface area contributed by atoms with E-state index in [9.17, 15) is 4.79 Å². The Hall–Kier alpha value is -3.12. The van der Waals surface area contributed by atoms with Crippen LogP contribution < -0.4 is 10.1 Å². The molecule has 0 aliphatic carbocycles. The third kappa shape index (κ3) is 6.31. The van der Waals surface area contributed by atoms with Crippen LogP contribution in [0, 0.1) is 6.92 Å². The highest BCUT2D eigenvalue weighted by molar-refractivity contribution is 9.10. The number of hydrogen-bond acceptors (Lipinski definition) is 3. The first-order valence-corrected chi connectivity index (χ1v) is 12.9. The standard InChI is InChI=1S/C29H32BrN3O2/c1-20(2)24-15-10-21(3)19-27(24)35-18-17-33-26-8-5-4-7-25(26)32-28(33)9-6-16-31-29(34)22-11-13-23(30)14-12-22/h4-5,7-8,10-15,19-20H,6,9,16-18H2,1-3H3,(H,31,34). The van der Waals surface area contributed by atoms with Gasteiger partial charge in [0.2, 0.25) is 0 Å². The lowest BCUT2D eigenvalue weighted by Gasteiger charge is -2.16. The van der Waals surface area contributed by atoms with Crippen molar-refractivity contribution in [2.75, 3.05) is 13.2 Å². The van der Waals surface area contributed by atoms with Gasteiger partial charge in [-0.05, 0) is 72.9 Å². The maximum absolute atomic E-state index is 12.4. The van der Waals surface area contributed by atoms with Crippen LogP contribution >= 0.6 is 15.9 Å². The number of hydrogen-bond donors (Lipinski definition) is 1. The molecule has 0 bridgehead atoms. The summed E-state index contributed by atoms with van der Waals surface area (Å²) in [5.41, 5.74) is 5.18. The van der Waals surface area contributed by atoms with E-state index in [0.29, 0.717) is 31.2 Å². The van der Waals surface area contributed by atoms with Gasteiger partial charge in [0.05, 0.1) is 17.6 Å². The number of carbonyl (C=O) groups excluding carboxylic acids is 1. The van der Waals surface area contributed by atoms with Crippen molar-refractivity contribution in [3.05, 3.63) is 93.7 Å². The second-order valence-electron chi connectivity index (χ2n) is 9.08. The average Bonchev–Trinajstić information content (AvgIpc) is 3.19. The summed E-state index contributed by atoms with van der Waals surface area (Å²) in [5.74, 6) is 2.32. The number of amides is 1. The molecule has 35 heavy (non-hydrogen) atoms. The van der Waals surface area contributed by atoms with Crippen LogP contribution in [-0.4, -0.2) is 28.6 Å². The molecule has 1 N–H and O–H groups in total. The zero-order chi connectivity index (χ0) is 24.8. The van der Waals surface area contributed by atoms with Gasteiger partial charge in [-0.1, -0.05) is 54.0 Å². The molecular formula is C29H32BrN3O2. The average molecular weight is 534 g/mol. The van der Waals surface area contributed by atoms with Gasteiger partial charge in [-0.3, -0.25) is 4.79 Å². The lowest BCUT2D eigenvalue weighted by atomic mass is 10.0. The van der Waals surface area contributed by atoms with Gasteiger partial charge in [0.25, 0.3) is 5.91 Å². The Bertz CT molecular complexity index is 1300. The number of nitrogens with zero attached hydrogens (tertiary/aromatic N) is 2. The number of carbonyl (C=O) groups is 1. The molecule has 0 unspecified atom stereocenters. The van der Waals surface area contributed by atoms with Gasteiger partial charge in [0, 0.05) is 23.0 Å². The first-order valence-electron chi connectivity index (χ1n) is 12.1. The number of halogens is 1. The molecule has 1 aromatic heterocycles. The molecule has 0 aliphatic heterocycles. The molecule has 4 aromatic rings. The maximum atomic E-state index is 12.4. The van der Waals surface area contributed by atoms with Gasteiger partial charge in [0.15, 0.2) is 0 Å². The first kappa shape index (κ1) is 25.0. The highest BCUT2D eigenvalue weighted by atomic mass is 79.9. The summed E-state index contributed by atoms with van der Waals surface area (Å²) >= 11 is 3.40. The van der Waals surface area contributed by atoms with Crippen LogP contribution in [0.4, 0.5) is 0 Å². The summed E-state index contributed by atoms with van der Waals surface area (Å²) in [7, 11) is 0. The van der Waals surface area contributed by atoms with Crippen molar-refractivity contribution in [1.29, 1.82) is 0 Å². The second kappa shape index (κ2) is 11.5. The van der Waals surface area contributed by atoms with Crippen LogP contribution in [-0.2, 0) is 13.0 Å². The number of para-hydroxylation sites is 2. The van der Waals surface area contributed by atoms with Gasteiger partial charge in [0.1, 0.15) is 18.2 Å². The van der Waals surface area contributed by atoms with E-state index in [2.05, 4.69) is 70.9 Å². The number of aromatic nitrogens is 2. The Morgan fingerprint density at radius 3 is 2.63 bits per heavy atom. The third-order valence-electron chi connectivity index (χ3n) is 6.07. The van der Waals surface area contributed by atoms with E-state index >= 15 is 0 Å². The van der Waals surface area contributed by atoms with Crippen molar-refractivity contribution in [2.24, 2.45) is 0 Å². The van der Waals surface area contributed by atoms with Crippen molar-refractivity contribution < 1.29 is 9.53 Å². The van der Waals surface area contributed by atoms with E-state index < -0.39 is 0 Å². The highest BCUT2D eigenvalue weighted by Gasteiger charge is 2.13. The number of benzene rings is 3. The molecule has 0 saturated carbocycles. The first-order chi connectivity index (χ1) is 16.9. The molecule has 0 atom stereocenters. The molecule has 0 fully saturated rings. The van der Waals surface area contributed by atoms with Crippen molar-refractivity contribution in [1.82, 2.24) is 14.9 Å². The monoisotopic (exact) mass is 533 g/mol. The fourth-order valence-corrected chi connectivity index (χ4v) is 4.47. The fourth-order valence-electron chi connectivity index (χ4n) is 4.21. The van der Waals surface area contributed by atoms with Crippen LogP contribution in [0.3, 0.4) is 0 Å². The van der Waals surface area contributed by atoms with E-state index in [4.69, 9.17) is 9.72 Å². The van der Waals surface area contributed by atoms with E-state index in [1.807, 2.05) is 42.5 Å². The summed E-state index contributed by atoms with van der Waals surface area (Å²) in [5, 5.41) is 3.01. The predicted molar refractivity (Wildman–Crippen MR) is 145 cm³/mol. The number of ether oxygens (including phenoxy) is 1. The Morgan fingerprint density at radius 2 is 1.86 bits per heavy atom. The smallest absolute Gasteiger partial charge is 0.251 e. The number of fused-ring (bicyclic) bond motifs is 1. The lowest BCUT2D eigenvalue weighted by molar-refractivity contribution is 0.0953. The van der Waals surface area contributed by atoms with Gasteiger partial charge < -0.3 is 14.6 Å². The van der Waals surface area contributed by atoms with Crippen molar-refractivity contribution in [3.8, 4) is 5.75 Å². The SMILES string of the molecule is Cc1ccc(C(C)C)c(OCCn2c(CCCNC(=O)c3ccc(Br)cc3)nc3ccccc32)c1. The van der Waals surface area contributed by atoms with Crippen LogP contribution in [0.1, 0.15) is 53.5 Å². The maximum Gasteiger partial charge on any atom is 0.251 e. The molecule has 0 radical (unpaired) electrons. The molecule has 3 aromatic carbocycles. The normalized spacial score (nSPS) is 11.2. The van der Waals surface area contributed by atoms with Gasteiger partial charge in [-0.15, -0.1) is 0 Å². The lowest BCUT2D eigenvalue weighted by Crippen LogP contribution is -2.25. The third-order valence-corrected chi connectivity index (χ3v) is 6.59. The van der Waals surface area contributed by atoms with Crippen LogP contribution in [0.2, 0.25) is 0 Å². The van der Waals surface area contributed by atoms with E-state index in [-0.39, 0.29) is 5.91 Å². The molecule has 182 valence electrons. The van der Waals surface area contributed by atoms with Crippen molar-refractivity contribution >= 4 is 32.9 Å². The van der Waals surface area contributed by atoms with E-state index in [0.717, 1.165) is 39.9 Å². The summed E-state index contributed by atoms with van der Waals surface area (Å²) in [4.78, 5) is 17.3. The minimum Gasteiger partial charge on any atom is -0.491 e. The number of nitrogens with one attached hydrogen (secondary N) is 1. The molecule has 0 aliphatic rings. The van der Waals surface area contributed by atoms with Crippen molar-refractivity contribution in [3.63, 3.8) is 0 Å². The molecule has 6 heteroatoms. The zero-order valence-electron chi connectivity index (χ0n) is 20.6. The number of aryl methyl sites for hydroxylation is 2. The summed E-state index contributed by atoms with van der Waals surface area (Å²) in [6.45, 7) is 8.34. The van der Waals surface area contributed by atoms with E-state index in [1.165, 1.54) is 11.1 Å². The minimum absolute atomic E-state index is 0.0569. The molecule has 4 rings (SSSR count). The second-order valence-corrected chi connectivity index (χ2v) is 9.99. The molecule has 5 nitrogen and oxygen atoms in total. The number of imidazole rings is 1. The quantitative estimate of drug-likeness (QED) is 0.231. The molecule has 1 amide bonds. The van der Waals surface area contributed by atoms with Crippen LogP contribution in [0.25, 0.3) is 11.0 Å². The Kier molecular flexibility index (Phi) is 8.24. The van der Waals surface area contributed by atoms with Gasteiger partial charge >= 0.3 is 0 Å². The summed E-state index contributed by atoms with van der Waals surface area (Å²) in [6, 6.07) is 22.0. The predicted octanol–water partition coefficient (Wildman–Crippen LogP) is 6.67. The summed E-state index contributed by atoms with van der Waals surface area (Å²) in [6.07, 6.45) is 1.58. The highest BCUT2D eigenvalue weighted by Crippen LogP contribution is 2.27. The van der Waals surface area contributed by atoms with Gasteiger partial charge in [-0.2, -0.15) is 0 Å². The molecule has 0 saturated heterocycles. The topological polar surface area (TPSA) is 56.1 Å². The Labute approximate surface area is 215 Å². The van der Waals surface area contributed by atoms with Crippen LogP contribution in [0.5, 0.6) is 5.75 Å². The molecular weight excluding hydrogens is 502 g/mol. The minimum atomic E-state index is -0.0569. The Balaban J connectivity index is 1.39. The van der Waals surface area contributed by atoms with Crippen LogP contribution in [0.15, 0.2) is 71.2 Å². The molecule has 0 spiro atoms. The van der Waals surface area contributed by atoms with Crippen molar-refractivity contribution in [2.45, 2.75) is 46.1 Å². The molecule has 1 heterocycles.